The summed E-state index contributed by atoms with van der Waals surface area (Å²) in [5.41, 5.74) is 0. The first-order valence-corrected chi connectivity index (χ1v) is 7.11. The summed E-state index contributed by atoms with van der Waals surface area (Å²) in [6.07, 6.45) is 4.03. The minimum absolute atomic E-state index is 0.317. The Hall–Kier alpha value is -1.39. The summed E-state index contributed by atoms with van der Waals surface area (Å²) in [5, 5.41) is 0. The summed E-state index contributed by atoms with van der Waals surface area (Å²) in [5.74, 6) is 3.65. The number of aromatic nitrogens is 3. The monoisotopic (exact) mass is 263 g/mol. The van der Waals surface area contributed by atoms with Gasteiger partial charge in [0.15, 0.2) is 0 Å². The Kier molecular flexibility index (Phi) is 4.22. The normalized spacial score (nSPS) is 14.8. The fourth-order valence-electron chi connectivity index (χ4n) is 1.88. The Labute approximate surface area is 116 Å². The van der Waals surface area contributed by atoms with Gasteiger partial charge in [0.05, 0.1) is 0 Å². The first kappa shape index (κ1) is 14.0. The fraction of sp³-hybridized carbons (Fsp3) is 0.786. The quantitative estimate of drug-likeness (QED) is 0.788. The number of rotatable bonds is 6. The second kappa shape index (κ2) is 5.72. The van der Waals surface area contributed by atoms with Crippen LogP contribution in [0.25, 0.3) is 0 Å². The lowest BCUT2D eigenvalue weighted by Crippen LogP contribution is -2.24. The van der Waals surface area contributed by atoms with E-state index >= 15 is 0 Å². The molecular formula is C14H25N5. The van der Waals surface area contributed by atoms with Crippen molar-refractivity contribution in [1.82, 2.24) is 15.0 Å². The third kappa shape index (κ3) is 3.78. The molecule has 19 heavy (non-hydrogen) atoms. The van der Waals surface area contributed by atoms with Crippen molar-refractivity contribution in [2.24, 2.45) is 5.92 Å². The molecule has 1 aliphatic rings. The standard InChI is InChI=1S/C14H25N5/c1-10(2)12-15-13(18(3)4)17-14(16-12)19(5)9-8-11-6-7-11/h10-11H,6-9H2,1-5H3. The van der Waals surface area contributed by atoms with Gasteiger partial charge in [-0.1, -0.05) is 26.7 Å². The molecule has 0 amide bonds. The molecule has 106 valence electrons. The van der Waals surface area contributed by atoms with Crippen molar-refractivity contribution in [1.29, 1.82) is 0 Å². The first-order valence-electron chi connectivity index (χ1n) is 7.11. The van der Waals surface area contributed by atoms with Gasteiger partial charge in [0, 0.05) is 33.6 Å². The van der Waals surface area contributed by atoms with Crippen molar-refractivity contribution in [2.45, 2.75) is 39.0 Å². The molecule has 0 aliphatic heterocycles. The van der Waals surface area contributed by atoms with Crippen LogP contribution in [0.2, 0.25) is 0 Å². The molecule has 1 aliphatic carbocycles. The van der Waals surface area contributed by atoms with Crippen molar-refractivity contribution in [2.75, 3.05) is 37.5 Å². The maximum atomic E-state index is 4.59. The number of hydrogen-bond donors (Lipinski definition) is 0. The van der Waals surface area contributed by atoms with Gasteiger partial charge in [-0.05, 0) is 12.3 Å². The van der Waals surface area contributed by atoms with E-state index < -0.39 is 0 Å². The van der Waals surface area contributed by atoms with Gasteiger partial charge in [0.2, 0.25) is 11.9 Å². The van der Waals surface area contributed by atoms with E-state index in [0.717, 1.165) is 30.2 Å². The largest absolute Gasteiger partial charge is 0.347 e. The Balaban J connectivity index is 2.16. The van der Waals surface area contributed by atoms with Gasteiger partial charge in [0.25, 0.3) is 0 Å². The van der Waals surface area contributed by atoms with Gasteiger partial charge in [-0.3, -0.25) is 0 Å². The molecule has 0 atom stereocenters. The Morgan fingerprint density at radius 3 is 2.21 bits per heavy atom. The molecule has 0 spiro atoms. The van der Waals surface area contributed by atoms with Crippen LogP contribution in [0.15, 0.2) is 0 Å². The molecule has 0 unspecified atom stereocenters. The van der Waals surface area contributed by atoms with E-state index in [1.54, 1.807) is 0 Å². The maximum Gasteiger partial charge on any atom is 0.230 e. The number of anilines is 2. The Morgan fingerprint density at radius 2 is 1.68 bits per heavy atom. The highest BCUT2D eigenvalue weighted by molar-refractivity contribution is 5.37. The molecule has 2 rings (SSSR count). The highest BCUT2D eigenvalue weighted by Gasteiger charge is 2.22. The van der Waals surface area contributed by atoms with Crippen LogP contribution >= 0.6 is 0 Å². The lowest BCUT2D eigenvalue weighted by molar-refractivity contribution is 0.685. The summed E-state index contributed by atoms with van der Waals surface area (Å²) in [7, 11) is 6.00. The second-order valence-electron chi connectivity index (χ2n) is 6.00. The highest BCUT2D eigenvalue weighted by Crippen LogP contribution is 2.32. The van der Waals surface area contributed by atoms with Crippen LogP contribution in [0.5, 0.6) is 0 Å². The third-order valence-corrected chi connectivity index (χ3v) is 3.46. The molecule has 1 aromatic heterocycles. The molecule has 5 nitrogen and oxygen atoms in total. The van der Waals surface area contributed by atoms with Crippen LogP contribution in [-0.4, -0.2) is 42.6 Å². The summed E-state index contributed by atoms with van der Waals surface area (Å²) in [4.78, 5) is 17.7. The maximum absolute atomic E-state index is 4.59. The van der Waals surface area contributed by atoms with Gasteiger partial charge in [-0.15, -0.1) is 0 Å². The SMILES string of the molecule is CC(C)c1nc(N(C)C)nc(N(C)CCC2CC2)n1. The zero-order valence-corrected chi connectivity index (χ0v) is 12.7. The van der Waals surface area contributed by atoms with E-state index in [-0.39, 0.29) is 0 Å². The van der Waals surface area contributed by atoms with E-state index in [9.17, 15) is 0 Å². The molecule has 0 radical (unpaired) electrons. The van der Waals surface area contributed by atoms with Gasteiger partial charge in [-0.2, -0.15) is 15.0 Å². The molecule has 1 fully saturated rings. The smallest absolute Gasteiger partial charge is 0.230 e. The summed E-state index contributed by atoms with van der Waals surface area (Å²) in [6, 6.07) is 0. The van der Waals surface area contributed by atoms with Crippen LogP contribution in [0.4, 0.5) is 11.9 Å². The van der Waals surface area contributed by atoms with Gasteiger partial charge in [-0.25, -0.2) is 0 Å². The van der Waals surface area contributed by atoms with Crippen molar-refractivity contribution in [3.05, 3.63) is 5.82 Å². The van der Waals surface area contributed by atoms with Crippen LogP contribution in [-0.2, 0) is 0 Å². The number of nitrogens with zero attached hydrogens (tertiary/aromatic N) is 5. The Morgan fingerprint density at radius 1 is 1.05 bits per heavy atom. The lowest BCUT2D eigenvalue weighted by atomic mass is 10.2. The molecule has 5 heteroatoms. The first-order chi connectivity index (χ1) is 8.97. The summed E-state index contributed by atoms with van der Waals surface area (Å²) in [6.45, 7) is 5.25. The zero-order valence-electron chi connectivity index (χ0n) is 12.7. The summed E-state index contributed by atoms with van der Waals surface area (Å²) < 4.78 is 0. The average molecular weight is 263 g/mol. The third-order valence-electron chi connectivity index (χ3n) is 3.46. The van der Waals surface area contributed by atoms with Crippen molar-refractivity contribution < 1.29 is 0 Å². The van der Waals surface area contributed by atoms with E-state index in [4.69, 9.17) is 0 Å². The van der Waals surface area contributed by atoms with Crippen molar-refractivity contribution in [3.8, 4) is 0 Å². The molecular weight excluding hydrogens is 238 g/mol. The predicted octanol–water partition coefficient (Wildman–Crippen LogP) is 2.30. The second-order valence-corrected chi connectivity index (χ2v) is 6.00. The molecule has 1 heterocycles. The molecule has 0 saturated heterocycles. The van der Waals surface area contributed by atoms with Crippen molar-refractivity contribution in [3.63, 3.8) is 0 Å². The van der Waals surface area contributed by atoms with E-state index in [1.165, 1.54) is 19.3 Å². The van der Waals surface area contributed by atoms with Gasteiger partial charge < -0.3 is 9.80 Å². The zero-order chi connectivity index (χ0) is 14.0. The van der Waals surface area contributed by atoms with E-state index in [2.05, 4.69) is 40.7 Å². The minimum Gasteiger partial charge on any atom is -0.347 e. The van der Waals surface area contributed by atoms with Gasteiger partial charge >= 0.3 is 0 Å². The van der Waals surface area contributed by atoms with Crippen LogP contribution in [0.1, 0.15) is 44.9 Å². The predicted molar refractivity (Wildman–Crippen MR) is 78.9 cm³/mol. The van der Waals surface area contributed by atoms with Gasteiger partial charge in [0.1, 0.15) is 5.82 Å². The summed E-state index contributed by atoms with van der Waals surface area (Å²) >= 11 is 0. The molecule has 1 aromatic rings. The van der Waals surface area contributed by atoms with E-state index in [0.29, 0.717) is 5.92 Å². The van der Waals surface area contributed by atoms with Crippen LogP contribution in [0, 0.1) is 5.92 Å². The highest BCUT2D eigenvalue weighted by atomic mass is 15.3. The van der Waals surface area contributed by atoms with Crippen molar-refractivity contribution >= 4 is 11.9 Å². The molecule has 0 aromatic carbocycles. The number of hydrogen-bond acceptors (Lipinski definition) is 5. The molecule has 1 saturated carbocycles. The topological polar surface area (TPSA) is 45.2 Å². The fourth-order valence-corrected chi connectivity index (χ4v) is 1.88. The average Bonchev–Trinajstić information content (AvgIpc) is 3.19. The molecule has 0 N–H and O–H groups in total. The lowest BCUT2D eigenvalue weighted by Gasteiger charge is -2.20. The minimum atomic E-state index is 0.317. The van der Waals surface area contributed by atoms with Crippen LogP contribution in [0.3, 0.4) is 0 Å². The van der Waals surface area contributed by atoms with E-state index in [1.807, 2.05) is 19.0 Å². The van der Waals surface area contributed by atoms with Crippen LogP contribution < -0.4 is 9.80 Å². The molecule has 0 bridgehead atoms. The Bertz CT molecular complexity index is 400.